The number of carbonyl (C=O) groups excluding carboxylic acids is 1. The van der Waals surface area contributed by atoms with Crippen LogP contribution in [-0.4, -0.2) is 43.6 Å². The number of H-pyrrole nitrogens is 1. The average Bonchev–Trinajstić information content (AvgIpc) is 3.53. The van der Waals surface area contributed by atoms with Gasteiger partial charge < -0.3 is 15.5 Å². The molecule has 2 aliphatic rings. The number of rotatable bonds is 6. The van der Waals surface area contributed by atoms with Crippen LogP contribution in [0, 0.1) is 0 Å². The first-order valence-electron chi connectivity index (χ1n) is 10.8. The van der Waals surface area contributed by atoms with Crippen LogP contribution in [0.4, 0.5) is 22.7 Å². The summed E-state index contributed by atoms with van der Waals surface area (Å²) in [6, 6.07) is 1.72. The van der Waals surface area contributed by atoms with Crippen LogP contribution in [0.3, 0.4) is 0 Å². The zero-order chi connectivity index (χ0) is 21.4. The monoisotopic (exact) mass is 438 g/mol. The van der Waals surface area contributed by atoms with Crippen molar-refractivity contribution in [2.24, 2.45) is 0 Å². The fourth-order valence-corrected chi connectivity index (χ4v) is 4.75. The summed E-state index contributed by atoms with van der Waals surface area (Å²) in [4.78, 5) is 28.8. The minimum Gasteiger partial charge on any atom is -0.329 e. The molecule has 1 saturated heterocycles. The Balaban J connectivity index is 1.42. The van der Waals surface area contributed by atoms with Crippen molar-refractivity contribution in [1.82, 2.24) is 25.1 Å². The summed E-state index contributed by atoms with van der Waals surface area (Å²) in [5.74, 6) is 2.48. The highest BCUT2D eigenvalue weighted by Crippen LogP contribution is 2.33. The SMILES string of the molecule is CC(C)c1cc(Nc2nc(N3CCC[C@@H]3C(=O)Nc3nccs3)nc3c2CCC3)n[nH]1. The Bertz CT molecular complexity index is 1080. The summed E-state index contributed by atoms with van der Waals surface area (Å²) in [7, 11) is 0. The molecule has 31 heavy (non-hydrogen) atoms. The van der Waals surface area contributed by atoms with Crippen molar-refractivity contribution < 1.29 is 4.79 Å². The normalized spacial score (nSPS) is 17.9. The molecule has 1 fully saturated rings. The van der Waals surface area contributed by atoms with Crippen molar-refractivity contribution in [1.29, 1.82) is 0 Å². The Morgan fingerprint density at radius 1 is 1.29 bits per heavy atom. The summed E-state index contributed by atoms with van der Waals surface area (Å²) in [5.41, 5.74) is 3.30. The topological polar surface area (TPSA) is 112 Å². The van der Waals surface area contributed by atoms with Crippen molar-refractivity contribution in [2.75, 3.05) is 22.1 Å². The van der Waals surface area contributed by atoms with E-state index in [1.165, 1.54) is 11.3 Å². The van der Waals surface area contributed by atoms with Gasteiger partial charge in [0.2, 0.25) is 11.9 Å². The summed E-state index contributed by atoms with van der Waals surface area (Å²) in [5, 5.41) is 16.3. The summed E-state index contributed by atoms with van der Waals surface area (Å²) in [6.45, 7) is 5.01. The number of fused-ring (bicyclic) bond motifs is 1. The van der Waals surface area contributed by atoms with Gasteiger partial charge in [-0.1, -0.05) is 13.8 Å². The minimum atomic E-state index is -0.297. The van der Waals surface area contributed by atoms with Gasteiger partial charge in [-0.2, -0.15) is 10.1 Å². The third-order valence-electron chi connectivity index (χ3n) is 5.86. The molecule has 10 heteroatoms. The lowest BCUT2D eigenvalue weighted by molar-refractivity contribution is -0.117. The van der Waals surface area contributed by atoms with Crippen LogP contribution < -0.4 is 15.5 Å². The van der Waals surface area contributed by atoms with Gasteiger partial charge in [0.1, 0.15) is 11.9 Å². The third-order valence-corrected chi connectivity index (χ3v) is 6.55. The first-order valence-corrected chi connectivity index (χ1v) is 11.7. The van der Waals surface area contributed by atoms with Crippen molar-refractivity contribution in [3.63, 3.8) is 0 Å². The number of hydrogen-bond acceptors (Lipinski definition) is 8. The smallest absolute Gasteiger partial charge is 0.248 e. The average molecular weight is 439 g/mol. The number of nitrogens with zero attached hydrogens (tertiary/aromatic N) is 5. The number of aromatic amines is 1. The zero-order valence-corrected chi connectivity index (χ0v) is 18.5. The molecule has 9 nitrogen and oxygen atoms in total. The molecule has 1 atom stereocenters. The van der Waals surface area contributed by atoms with Crippen LogP contribution in [0.25, 0.3) is 0 Å². The first-order chi connectivity index (χ1) is 15.1. The Labute approximate surface area is 184 Å². The number of hydrogen-bond donors (Lipinski definition) is 3. The standard InChI is InChI=1S/C21H26N8OS/c1-12(2)15-11-17(28-27-15)24-18-13-5-3-6-14(13)23-20(25-18)29-9-4-7-16(29)19(30)26-21-22-8-10-31-21/h8,10-12,16H,3-7,9H2,1-2H3,(H,22,26,30)(H2,23,24,25,27,28)/t16-/m1/s1. The second-order valence-electron chi connectivity index (χ2n) is 8.32. The molecule has 0 spiro atoms. The van der Waals surface area contributed by atoms with Gasteiger partial charge in [0.15, 0.2) is 10.9 Å². The zero-order valence-electron chi connectivity index (χ0n) is 17.7. The molecule has 0 aromatic carbocycles. The maximum absolute atomic E-state index is 12.9. The molecule has 0 unspecified atom stereocenters. The van der Waals surface area contributed by atoms with Gasteiger partial charge in [0.25, 0.3) is 0 Å². The van der Waals surface area contributed by atoms with Gasteiger partial charge in [0.05, 0.1) is 5.69 Å². The van der Waals surface area contributed by atoms with Crippen molar-refractivity contribution in [2.45, 2.75) is 57.9 Å². The summed E-state index contributed by atoms with van der Waals surface area (Å²) in [6.07, 6.45) is 6.34. The van der Waals surface area contributed by atoms with Crippen LogP contribution >= 0.6 is 11.3 Å². The van der Waals surface area contributed by atoms with E-state index < -0.39 is 0 Å². The Kier molecular flexibility index (Phi) is 5.31. The molecule has 162 valence electrons. The maximum atomic E-state index is 12.9. The summed E-state index contributed by atoms with van der Waals surface area (Å²) < 4.78 is 0. The second-order valence-corrected chi connectivity index (χ2v) is 9.21. The van der Waals surface area contributed by atoms with Crippen LogP contribution in [0.1, 0.15) is 56.0 Å². The highest BCUT2D eigenvalue weighted by atomic mass is 32.1. The molecule has 1 amide bonds. The third kappa shape index (κ3) is 3.99. The molecule has 3 N–H and O–H groups in total. The maximum Gasteiger partial charge on any atom is 0.248 e. The van der Waals surface area contributed by atoms with Crippen LogP contribution in [-0.2, 0) is 17.6 Å². The molecule has 1 aliphatic heterocycles. The molecule has 4 heterocycles. The lowest BCUT2D eigenvalue weighted by Crippen LogP contribution is -2.40. The van der Waals surface area contributed by atoms with Gasteiger partial charge in [-0.15, -0.1) is 11.3 Å². The lowest BCUT2D eigenvalue weighted by Gasteiger charge is -2.24. The van der Waals surface area contributed by atoms with E-state index in [9.17, 15) is 4.79 Å². The number of anilines is 4. The van der Waals surface area contributed by atoms with Gasteiger partial charge in [-0.05, 0) is 38.0 Å². The van der Waals surface area contributed by atoms with E-state index in [0.717, 1.165) is 67.2 Å². The predicted octanol–water partition coefficient (Wildman–Crippen LogP) is 3.62. The van der Waals surface area contributed by atoms with E-state index in [0.29, 0.717) is 17.0 Å². The fourth-order valence-electron chi connectivity index (χ4n) is 4.22. The molecule has 0 bridgehead atoms. The molecule has 1 aliphatic carbocycles. The quantitative estimate of drug-likeness (QED) is 0.539. The largest absolute Gasteiger partial charge is 0.329 e. The van der Waals surface area contributed by atoms with Gasteiger partial charge >= 0.3 is 0 Å². The molecular formula is C21H26N8OS. The molecule has 0 radical (unpaired) electrons. The number of aromatic nitrogens is 5. The predicted molar refractivity (Wildman–Crippen MR) is 121 cm³/mol. The first kappa shape index (κ1) is 19.9. The number of aryl methyl sites for hydroxylation is 1. The second kappa shape index (κ2) is 8.26. The molecule has 3 aromatic heterocycles. The molecule has 3 aromatic rings. The Morgan fingerprint density at radius 2 is 2.19 bits per heavy atom. The van der Waals surface area contributed by atoms with Crippen LogP contribution in [0.15, 0.2) is 17.6 Å². The number of thiazole rings is 1. The van der Waals surface area contributed by atoms with E-state index in [1.807, 2.05) is 16.3 Å². The van der Waals surface area contributed by atoms with Gasteiger partial charge in [-0.25, -0.2) is 9.97 Å². The van der Waals surface area contributed by atoms with E-state index in [1.54, 1.807) is 6.20 Å². The summed E-state index contributed by atoms with van der Waals surface area (Å²) >= 11 is 1.42. The minimum absolute atomic E-state index is 0.0556. The van der Waals surface area contributed by atoms with Gasteiger partial charge in [0, 0.05) is 35.4 Å². The molecule has 0 saturated carbocycles. The number of amides is 1. The molecular weight excluding hydrogens is 412 g/mol. The lowest BCUT2D eigenvalue weighted by atomic mass is 10.1. The van der Waals surface area contributed by atoms with E-state index in [2.05, 4.69) is 39.7 Å². The van der Waals surface area contributed by atoms with Gasteiger partial charge in [-0.3, -0.25) is 9.89 Å². The Hall–Kier alpha value is -3.01. The van der Waals surface area contributed by atoms with Crippen LogP contribution in [0.5, 0.6) is 0 Å². The van der Waals surface area contributed by atoms with E-state index >= 15 is 0 Å². The number of carbonyl (C=O) groups is 1. The van der Waals surface area contributed by atoms with E-state index in [4.69, 9.17) is 9.97 Å². The number of nitrogens with one attached hydrogen (secondary N) is 3. The highest BCUT2D eigenvalue weighted by Gasteiger charge is 2.34. The van der Waals surface area contributed by atoms with Crippen molar-refractivity contribution in [3.05, 3.63) is 34.6 Å². The van der Waals surface area contributed by atoms with Crippen molar-refractivity contribution in [3.8, 4) is 0 Å². The highest BCUT2D eigenvalue weighted by molar-refractivity contribution is 7.13. The fraction of sp³-hybridized carbons (Fsp3) is 0.476. The molecule has 5 rings (SSSR count). The van der Waals surface area contributed by atoms with Crippen LogP contribution in [0.2, 0.25) is 0 Å². The van der Waals surface area contributed by atoms with E-state index in [-0.39, 0.29) is 11.9 Å². The Morgan fingerprint density at radius 3 is 2.97 bits per heavy atom. The van der Waals surface area contributed by atoms with Crippen molar-refractivity contribution >= 4 is 40.0 Å².